The van der Waals surface area contributed by atoms with Gasteiger partial charge in [-0.2, -0.15) is 4.68 Å². The second-order valence-electron chi connectivity index (χ2n) is 9.49. The van der Waals surface area contributed by atoms with Crippen molar-refractivity contribution in [2.45, 2.75) is 38.6 Å². The van der Waals surface area contributed by atoms with Gasteiger partial charge in [0.15, 0.2) is 0 Å². The van der Waals surface area contributed by atoms with Crippen LogP contribution < -0.4 is 9.47 Å². The number of rotatable bonds is 6. The third kappa shape index (κ3) is 5.21. The monoisotopic (exact) mass is 496 g/mol. The fourth-order valence-electron chi connectivity index (χ4n) is 5.11. The number of carbonyl (C=O) groups is 1. The molecule has 1 unspecified atom stereocenters. The average Bonchev–Trinajstić information content (AvgIpc) is 3.43. The summed E-state index contributed by atoms with van der Waals surface area (Å²) in [6.45, 7) is 2.75. The summed E-state index contributed by atoms with van der Waals surface area (Å²) in [4.78, 5) is 15.4. The molecule has 0 bridgehead atoms. The van der Waals surface area contributed by atoms with Crippen molar-refractivity contribution in [2.75, 3.05) is 20.8 Å². The van der Waals surface area contributed by atoms with Crippen molar-refractivity contribution in [1.82, 2.24) is 19.9 Å². The maximum absolute atomic E-state index is 13.4. The number of aromatic nitrogens is 3. The first-order chi connectivity index (χ1) is 18.1. The number of carbonyl (C=O) groups excluding carboxylic acids is 1. The second-order valence-corrected chi connectivity index (χ2v) is 9.49. The summed E-state index contributed by atoms with van der Waals surface area (Å²) in [5.41, 5.74) is 5.71. The zero-order chi connectivity index (χ0) is 25.8. The summed E-state index contributed by atoms with van der Waals surface area (Å²) in [7, 11) is 3.32. The van der Waals surface area contributed by atoms with Gasteiger partial charge in [-0.3, -0.25) is 0 Å². The van der Waals surface area contributed by atoms with Crippen LogP contribution in [0.25, 0.3) is 22.4 Å². The molecule has 190 valence electrons. The molecule has 1 aromatic heterocycles. The number of ether oxygens (including phenoxy) is 2. The molecule has 1 atom stereocenters. The first-order valence-corrected chi connectivity index (χ1v) is 12.7. The van der Waals surface area contributed by atoms with E-state index in [2.05, 4.69) is 22.4 Å². The van der Waals surface area contributed by atoms with Crippen LogP contribution >= 0.6 is 0 Å². The third-order valence-corrected chi connectivity index (χ3v) is 7.00. The Hall–Kier alpha value is -4.13. The molecule has 1 aliphatic heterocycles. The van der Waals surface area contributed by atoms with E-state index in [4.69, 9.17) is 9.47 Å². The summed E-state index contributed by atoms with van der Waals surface area (Å²) in [5.74, 6) is 1.51. The van der Waals surface area contributed by atoms with Crippen LogP contribution in [0.4, 0.5) is 4.79 Å². The topological polar surface area (TPSA) is 69.5 Å². The Morgan fingerprint density at radius 3 is 2.30 bits per heavy atom. The number of likely N-dealkylation sites (tertiary alicyclic amines) is 1. The number of amides is 1. The van der Waals surface area contributed by atoms with Crippen molar-refractivity contribution >= 4 is 6.03 Å². The van der Waals surface area contributed by atoms with Crippen LogP contribution in [0.15, 0.2) is 72.9 Å². The molecule has 1 saturated heterocycles. The average molecular weight is 497 g/mol. The number of aryl methyl sites for hydroxylation is 1. The molecular formula is C30H32N4O3. The van der Waals surface area contributed by atoms with Crippen LogP contribution in [0.2, 0.25) is 0 Å². The van der Waals surface area contributed by atoms with Gasteiger partial charge in [-0.25, -0.2) is 4.79 Å². The second kappa shape index (κ2) is 10.9. The van der Waals surface area contributed by atoms with E-state index in [9.17, 15) is 4.79 Å². The molecule has 7 nitrogen and oxygen atoms in total. The van der Waals surface area contributed by atoms with Crippen molar-refractivity contribution in [1.29, 1.82) is 0 Å². The summed E-state index contributed by atoms with van der Waals surface area (Å²) in [6.07, 6.45) is 5.70. The predicted molar refractivity (Wildman–Crippen MR) is 144 cm³/mol. The van der Waals surface area contributed by atoms with Gasteiger partial charge < -0.3 is 14.4 Å². The zero-order valence-electron chi connectivity index (χ0n) is 21.6. The number of piperidine rings is 1. The Kier molecular flexibility index (Phi) is 7.21. The molecule has 0 spiro atoms. The first kappa shape index (κ1) is 24.6. The van der Waals surface area contributed by atoms with Crippen LogP contribution in [0.5, 0.6) is 11.5 Å². The van der Waals surface area contributed by atoms with Gasteiger partial charge in [0, 0.05) is 18.2 Å². The zero-order valence-corrected chi connectivity index (χ0v) is 21.6. The van der Waals surface area contributed by atoms with Gasteiger partial charge in [0.2, 0.25) is 0 Å². The van der Waals surface area contributed by atoms with Crippen LogP contribution in [0.3, 0.4) is 0 Å². The molecule has 7 heteroatoms. The van der Waals surface area contributed by atoms with Gasteiger partial charge in [0.1, 0.15) is 17.2 Å². The van der Waals surface area contributed by atoms with Gasteiger partial charge in [0.25, 0.3) is 0 Å². The van der Waals surface area contributed by atoms with E-state index < -0.39 is 0 Å². The Morgan fingerprint density at radius 2 is 1.62 bits per heavy atom. The SMILES string of the molecule is COc1cc(C)cc(OC)c1-c1ccc(-c2cn(C(=O)N3CCCCC3Cc3ccccc3)nn2)cc1. The Bertz CT molecular complexity index is 1340. The molecule has 3 aromatic carbocycles. The van der Waals surface area contributed by atoms with E-state index >= 15 is 0 Å². The lowest BCUT2D eigenvalue weighted by Gasteiger charge is -2.35. The van der Waals surface area contributed by atoms with Gasteiger partial charge in [0.05, 0.1) is 26.0 Å². The highest BCUT2D eigenvalue weighted by Crippen LogP contribution is 2.40. The third-order valence-electron chi connectivity index (χ3n) is 7.00. The lowest BCUT2D eigenvalue weighted by molar-refractivity contribution is 0.149. The highest BCUT2D eigenvalue weighted by atomic mass is 16.5. The minimum Gasteiger partial charge on any atom is -0.496 e. The molecule has 0 aliphatic carbocycles. The first-order valence-electron chi connectivity index (χ1n) is 12.7. The van der Waals surface area contributed by atoms with Crippen LogP contribution in [0.1, 0.15) is 30.4 Å². The largest absolute Gasteiger partial charge is 0.496 e. The van der Waals surface area contributed by atoms with Crippen molar-refractivity contribution < 1.29 is 14.3 Å². The summed E-state index contributed by atoms with van der Waals surface area (Å²) in [6, 6.07) is 22.4. The standard InChI is InChI=1S/C30H32N4O3/c1-21-17-27(36-2)29(28(18-21)37-3)24-14-12-23(13-15-24)26-20-34(32-31-26)30(35)33-16-8-7-11-25(33)19-22-9-5-4-6-10-22/h4-6,9-10,12-15,17-18,20,25H,7-8,11,16,19H2,1-3H3. The molecule has 0 N–H and O–H groups in total. The highest BCUT2D eigenvalue weighted by molar-refractivity contribution is 5.80. The van der Waals surface area contributed by atoms with E-state index in [1.54, 1.807) is 20.4 Å². The highest BCUT2D eigenvalue weighted by Gasteiger charge is 2.28. The maximum Gasteiger partial charge on any atom is 0.346 e. The fourth-order valence-corrected chi connectivity index (χ4v) is 5.11. The van der Waals surface area contributed by atoms with Crippen molar-refractivity contribution in [3.63, 3.8) is 0 Å². The van der Waals surface area contributed by atoms with Crippen molar-refractivity contribution in [3.05, 3.63) is 84.1 Å². The molecule has 2 heterocycles. The maximum atomic E-state index is 13.4. The number of benzene rings is 3. The summed E-state index contributed by atoms with van der Waals surface area (Å²) < 4.78 is 12.6. The molecule has 1 fully saturated rings. The summed E-state index contributed by atoms with van der Waals surface area (Å²) >= 11 is 0. The fraction of sp³-hybridized carbons (Fsp3) is 0.300. The van der Waals surface area contributed by atoms with E-state index in [0.29, 0.717) is 5.69 Å². The van der Waals surface area contributed by atoms with Gasteiger partial charge in [-0.15, -0.1) is 5.10 Å². The van der Waals surface area contributed by atoms with Crippen LogP contribution in [-0.4, -0.2) is 52.7 Å². The summed E-state index contributed by atoms with van der Waals surface area (Å²) in [5, 5.41) is 8.50. The quantitative estimate of drug-likeness (QED) is 0.327. The Labute approximate surface area is 217 Å². The van der Waals surface area contributed by atoms with E-state index in [-0.39, 0.29) is 12.1 Å². The minimum absolute atomic E-state index is 0.120. The lowest BCUT2D eigenvalue weighted by Crippen LogP contribution is -2.46. The van der Waals surface area contributed by atoms with Gasteiger partial charge >= 0.3 is 6.03 Å². The lowest BCUT2D eigenvalue weighted by atomic mass is 9.96. The predicted octanol–water partition coefficient (Wildman–Crippen LogP) is 6.00. The molecule has 0 saturated carbocycles. The van der Waals surface area contributed by atoms with E-state index in [1.165, 1.54) is 10.2 Å². The molecule has 0 radical (unpaired) electrons. The number of nitrogens with zero attached hydrogens (tertiary/aromatic N) is 4. The smallest absolute Gasteiger partial charge is 0.346 e. The van der Waals surface area contributed by atoms with Crippen LogP contribution in [0, 0.1) is 6.92 Å². The Balaban J connectivity index is 1.36. The normalized spacial score (nSPS) is 15.4. The molecular weight excluding hydrogens is 464 g/mol. The molecule has 4 aromatic rings. The number of methoxy groups -OCH3 is 2. The Morgan fingerprint density at radius 1 is 0.946 bits per heavy atom. The molecule has 37 heavy (non-hydrogen) atoms. The van der Waals surface area contributed by atoms with E-state index in [0.717, 1.165) is 66.0 Å². The molecule has 5 rings (SSSR count). The number of hydrogen-bond acceptors (Lipinski definition) is 5. The van der Waals surface area contributed by atoms with Gasteiger partial charge in [-0.05, 0) is 61.4 Å². The van der Waals surface area contributed by atoms with Crippen molar-refractivity contribution in [3.8, 4) is 33.9 Å². The van der Waals surface area contributed by atoms with E-state index in [1.807, 2.05) is 66.4 Å². The number of hydrogen-bond donors (Lipinski definition) is 0. The molecule has 1 amide bonds. The molecule has 1 aliphatic rings. The van der Waals surface area contributed by atoms with Crippen LogP contribution in [-0.2, 0) is 6.42 Å². The van der Waals surface area contributed by atoms with Crippen molar-refractivity contribution in [2.24, 2.45) is 0 Å². The minimum atomic E-state index is -0.120. The van der Waals surface area contributed by atoms with Gasteiger partial charge in [-0.1, -0.05) is 59.8 Å².